The first kappa shape index (κ1) is 16.8. The number of hydrogen-bond acceptors (Lipinski definition) is 5. The minimum Gasteiger partial charge on any atom is -0.338 e. The van der Waals surface area contributed by atoms with Crippen molar-refractivity contribution in [3.63, 3.8) is 0 Å². The van der Waals surface area contributed by atoms with E-state index in [0.29, 0.717) is 37.4 Å². The van der Waals surface area contributed by atoms with E-state index in [9.17, 15) is 4.79 Å². The van der Waals surface area contributed by atoms with Gasteiger partial charge >= 0.3 is 0 Å². The molecule has 0 spiro atoms. The van der Waals surface area contributed by atoms with Crippen LogP contribution in [0, 0.1) is 5.92 Å². The van der Waals surface area contributed by atoms with E-state index in [1.54, 1.807) is 6.20 Å². The van der Waals surface area contributed by atoms with Crippen molar-refractivity contribution in [2.24, 2.45) is 11.7 Å². The van der Waals surface area contributed by atoms with Gasteiger partial charge in [0.1, 0.15) is 0 Å². The number of hydrogen-bond donors (Lipinski definition) is 2. The van der Waals surface area contributed by atoms with E-state index in [1.165, 1.54) is 9.75 Å². The number of thiophene rings is 1. The molecule has 2 aromatic heterocycles. The number of rotatable bonds is 5. The van der Waals surface area contributed by atoms with Crippen LogP contribution >= 0.6 is 11.3 Å². The Hall–Kier alpha value is -1.70. The van der Waals surface area contributed by atoms with Gasteiger partial charge in [-0.25, -0.2) is 0 Å². The third-order valence-electron chi connectivity index (χ3n) is 5.40. The smallest absolute Gasteiger partial charge is 0.222 e. The Balaban J connectivity index is 1.39. The van der Waals surface area contributed by atoms with Crippen molar-refractivity contribution in [3.8, 4) is 10.6 Å². The molecule has 7 heteroatoms. The van der Waals surface area contributed by atoms with Crippen molar-refractivity contribution in [1.29, 1.82) is 0 Å². The number of likely N-dealkylation sites (tertiary alicyclic amines) is 2. The van der Waals surface area contributed by atoms with Gasteiger partial charge in [-0.05, 0) is 37.0 Å². The number of H-pyrrole nitrogens is 1. The second kappa shape index (κ2) is 7.27. The molecule has 1 amide bonds. The molecule has 2 aromatic rings. The highest BCUT2D eigenvalue weighted by Crippen LogP contribution is 2.33. The van der Waals surface area contributed by atoms with E-state index in [0.717, 1.165) is 38.2 Å². The molecule has 25 heavy (non-hydrogen) atoms. The maximum absolute atomic E-state index is 12.2. The lowest BCUT2D eigenvalue weighted by molar-refractivity contribution is -0.140. The van der Waals surface area contributed by atoms with Gasteiger partial charge in [0.05, 0.1) is 10.6 Å². The predicted molar refractivity (Wildman–Crippen MR) is 99.1 cm³/mol. The minimum absolute atomic E-state index is 0.294. The molecule has 4 rings (SSSR count). The lowest BCUT2D eigenvalue weighted by atomic mass is 9.83. The van der Waals surface area contributed by atoms with Crippen LogP contribution in [0.1, 0.15) is 24.1 Å². The van der Waals surface area contributed by atoms with Crippen molar-refractivity contribution < 1.29 is 4.79 Å². The molecule has 2 aliphatic rings. The van der Waals surface area contributed by atoms with Crippen LogP contribution in [0.5, 0.6) is 0 Å². The summed E-state index contributed by atoms with van der Waals surface area (Å²) in [6.45, 7) is 4.39. The highest BCUT2D eigenvalue weighted by Gasteiger charge is 2.38. The van der Waals surface area contributed by atoms with Gasteiger partial charge in [0.2, 0.25) is 5.91 Å². The highest BCUT2D eigenvalue weighted by molar-refractivity contribution is 7.15. The monoisotopic (exact) mass is 359 g/mol. The van der Waals surface area contributed by atoms with Crippen LogP contribution < -0.4 is 5.73 Å². The summed E-state index contributed by atoms with van der Waals surface area (Å²) < 4.78 is 0. The number of piperidine rings is 2. The fourth-order valence-corrected chi connectivity index (χ4v) is 5.25. The lowest BCUT2D eigenvalue weighted by Gasteiger charge is -2.47. The third kappa shape index (κ3) is 3.49. The van der Waals surface area contributed by atoms with Crippen molar-refractivity contribution >= 4 is 17.2 Å². The Bertz CT molecular complexity index is 713. The average Bonchev–Trinajstić information content (AvgIpc) is 3.29. The molecule has 2 atom stereocenters. The summed E-state index contributed by atoms with van der Waals surface area (Å²) in [4.78, 5) is 19.4. The van der Waals surface area contributed by atoms with Crippen LogP contribution in [0.2, 0.25) is 0 Å². The maximum atomic E-state index is 12.2. The molecule has 0 unspecified atom stereocenters. The van der Waals surface area contributed by atoms with Crippen molar-refractivity contribution in [3.05, 3.63) is 29.3 Å². The molecule has 2 saturated heterocycles. The zero-order valence-electron chi connectivity index (χ0n) is 14.4. The highest BCUT2D eigenvalue weighted by atomic mass is 32.1. The molecule has 134 valence electrons. The number of nitrogens with zero attached hydrogens (tertiary/aromatic N) is 3. The van der Waals surface area contributed by atoms with Crippen LogP contribution in [-0.4, -0.2) is 58.1 Å². The minimum atomic E-state index is 0.294. The van der Waals surface area contributed by atoms with Gasteiger partial charge in [-0.2, -0.15) is 5.10 Å². The molecule has 0 aliphatic carbocycles. The van der Waals surface area contributed by atoms with Gasteiger partial charge in [-0.15, -0.1) is 11.3 Å². The Morgan fingerprint density at radius 2 is 2.24 bits per heavy atom. The van der Waals surface area contributed by atoms with E-state index >= 15 is 0 Å². The number of nitrogens with two attached hydrogens (primary N) is 1. The van der Waals surface area contributed by atoms with Crippen molar-refractivity contribution in [2.75, 3.05) is 26.2 Å². The van der Waals surface area contributed by atoms with E-state index in [2.05, 4.69) is 27.2 Å². The Labute approximate surface area is 152 Å². The molecule has 4 heterocycles. The Morgan fingerprint density at radius 1 is 1.32 bits per heavy atom. The van der Waals surface area contributed by atoms with E-state index < -0.39 is 0 Å². The molecular weight excluding hydrogens is 334 g/mol. The summed E-state index contributed by atoms with van der Waals surface area (Å²) in [5.74, 6) is 0.882. The van der Waals surface area contributed by atoms with Gasteiger partial charge in [0.15, 0.2) is 0 Å². The first-order valence-corrected chi connectivity index (χ1v) is 9.86. The van der Waals surface area contributed by atoms with Gasteiger partial charge < -0.3 is 10.6 Å². The molecule has 2 aliphatic heterocycles. The van der Waals surface area contributed by atoms with Crippen LogP contribution in [0.4, 0.5) is 0 Å². The number of amides is 1. The zero-order valence-corrected chi connectivity index (χ0v) is 15.2. The second-order valence-corrected chi connectivity index (χ2v) is 8.17. The first-order chi connectivity index (χ1) is 12.2. The molecule has 0 aromatic carbocycles. The molecule has 3 N–H and O–H groups in total. The van der Waals surface area contributed by atoms with Crippen molar-refractivity contribution in [1.82, 2.24) is 20.0 Å². The van der Waals surface area contributed by atoms with Crippen LogP contribution in [0.3, 0.4) is 0 Å². The standard InChI is InChI=1S/C18H25N5OS/c19-7-10-23-16-6-9-22(11-13(16)1-4-18(23)24)12-14-2-3-17(25-14)15-5-8-20-21-15/h2-3,5,8,13,16H,1,4,6-7,9-12,19H2,(H,20,21)/t13-,16+/m0/s1. The number of aromatic nitrogens is 2. The van der Waals surface area contributed by atoms with Gasteiger partial charge in [0.25, 0.3) is 0 Å². The first-order valence-electron chi connectivity index (χ1n) is 9.05. The summed E-state index contributed by atoms with van der Waals surface area (Å²) >= 11 is 1.83. The zero-order chi connectivity index (χ0) is 17.2. The lowest BCUT2D eigenvalue weighted by Crippen LogP contribution is -2.56. The number of nitrogens with one attached hydrogen (secondary N) is 1. The van der Waals surface area contributed by atoms with Crippen molar-refractivity contribution in [2.45, 2.75) is 31.8 Å². The predicted octanol–water partition coefficient (Wildman–Crippen LogP) is 1.91. The molecule has 0 saturated carbocycles. The van der Waals surface area contributed by atoms with Crippen LogP contribution in [0.25, 0.3) is 10.6 Å². The van der Waals surface area contributed by atoms with Gasteiger partial charge in [0, 0.05) is 56.3 Å². The number of aromatic amines is 1. The second-order valence-electron chi connectivity index (χ2n) is 7.00. The van der Waals surface area contributed by atoms with Crippen LogP contribution in [-0.2, 0) is 11.3 Å². The fraction of sp³-hybridized carbons (Fsp3) is 0.556. The van der Waals surface area contributed by atoms with Crippen LogP contribution in [0.15, 0.2) is 24.4 Å². The largest absolute Gasteiger partial charge is 0.338 e. The molecule has 0 bridgehead atoms. The van der Waals surface area contributed by atoms with E-state index in [1.807, 2.05) is 22.3 Å². The number of carbonyl (C=O) groups excluding carboxylic acids is 1. The summed E-state index contributed by atoms with van der Waals surface area (Å²) in [5.41, 5.74) is 6.79. The summed E-state index contributed by atoms with van der Waals surface area (Å²) in [7, 11) is 0. The van der Waals surface area contributed by atoms with Gasteiger partial charge in [-0.1, -0.05) is 0 Å². The molecule has 0 radical (unpaired) electrons. The quantitative estimate of drug-likeness (QED) is 0.855. The third-order valence-corrected chi connectivity index (χ3v) is 6.51. The van der Waals surface area contributed by atoms with Gasteiger partial charge in [-0.3, -0.25) is 14.8 Å². The normalized spacial score (nSPS) is 24.5. The van der Waals surface area contributed by atoms with E-state index in [-0.39, 0.29) is 0 Å². The summed E-state index contributed by atoms with van der Waals surface area (Å²) in [5, 5.41) is 7.05. The van der Waals surface area contributed by atoms with E-state index in [4.69, 9.17) is 5.73 Å². The molecule has 6 nitrogen and oxygen atoms in total. The molecule has 2 fully saturated rings. The number of carbonyl (C=O) groups is 1. The summed E-state index contributed by atoms with van der Waals surface area (Å²) in [6, 6.07) is 6.79. The fourth-order valence-electron chi connectivity index (χ4n) is 4.22. The average molecular weight is 359 g/mol. The topological polar surface area (TPSA) is 78.2 Å². The number of fused-ring (bicyclic) bond motifs is 1. The maximum Gasteiger partial charge on any atom is 0.222 e. The Morgan fingerprint density at radius 3 is 3.04 bits per heavy atom. The molecular formula is C18H25N5OS. The Kier molecular flexibility index (Phi) is 4.87. The SMILES string of the molecule is NCCN1C(=O)CC[C@H]2CN(Cc3ccc(-c4ccn[nH]4)s3)CC[C@H]21. The summed E-state index contributed by atoms with van der Waals surface area (Å²) in [6.07, 6.45) is 4.55.